The maximum atomic E-state index is 13.8. The van der Waals surface area contributed by atoms with Crippen LogP contribution in [0.15, 0.2) is 47.5 Å². The number of hydrogen-bond acceptors (Lipinski definition) is 4. The number of nitro groups is 1. The first-order valence-electron chi connectivity index (χ1n) is 6.54. The second kappa shape index (κ2) is 5.77. The standard InChI is InChI=1S/C15H9ClFN3O3/c16-12-2-1-3-13(17)11(12)7-19-8-18-14-5-4-9(20(22)23)6-10(14)15(19)21/h1-6,8H,7H2. The van der Waals surface area contributed by atoms with Crippen molar-refractivity contribution in [2.75, 3.05) is 0 Å². The highest BCUT2D eigenvalue weighted by Crippen LogP contribution is 2.20. The van der Waals surface area contributed by atoms with E-state index in [0.29, 0.717) is 5.52 Å². The summed E-state index contributed by atoms with van der Waals surface area (Å²) in [6.07, 6.45) is 1.26. The lowest BCUT2D eigenvalue weighted by Crippen LogP contribution is -2.22. The molecule has 0 bridgehead atoms. The van der Waals surface area contributed by atoms with Crippen molar-refractivity contribution in [1.29, 1.82) is 0 Å². The minimum atomic E-state index is -0.593. The predicted molar refractivity (Wildman–Crippen MR) is 83.2 cm³/mol. The van der Waals surface area contributed by atoms with E-state index in [0.717, 1.165) is 10.6 Å². The van der Waals surface area contributed by atoms with E-state index in [-0.39, 0.29) is 28.2 Å². The molecule has 0 atom stereocenters. The average Bonchev–Trinajstić information content (AvgIpc) is 2.52. The van der Waals surface area contributed by atoms with Gasteiger partial charge in [-0.25, -0.2) is 9.37 Å². The van der Waals surface area contributed by atoms with Gasteiger partial charge in [0.25, 0.3) is 11.2 Å². The van der Waals surface area contributed by atoms with Crippen molar-refractivity contribution in [3.8, 4) is 0 Å². The monoisotopic (exact) mass is 333 g/mol. The molecule has 0 spiro atoms. The van der Waals surface area contributed by atoms with Crippen LogP contribution in [0.3, 0.4) is 0 Å². The highest BCUT2D eigenvalue weighted by atomic mass is 35.5. The lowest BCUT2D eigenvalue weighted by molar-refractivity contribution is -0.384. The molecule has 3 aromatic rings. The highest BCUT2D eigenvalue weighted by Gasteiger charge is 2.13. The van der Waals surface area contributed by atoms with Crippen molar-refractivity contribution in [2.45, 2.75) is 6.54 Å². The first-order valence-corrected chi connectivity index (χ1v) is 6.91. The van der Waals surface area contributed by atoms with Gasteiger partial charge in [-0.2, -0.15) is 0 Å². The fourth-order valence-electron chi connectivity index (χ4n) is 2.23. The number of benzene rings is 2. The van der Waals surface area contributed by atoms with Gasteiger partial charge in [0.2, 0.25) is 0 Å². The van der Waals surface area contributed by atoms with Crippen molar-refractivity contribution in [3.05, 3.63) is 79.6 Å². The Morgan fingerprint density at radius 3 is 2.78 bits per heavy atom. The molecule has 0 radical (unpaired) electrons. The minimum absolute atomic E-state index is 0.0918. The summed E-state index contributed by atoms with van der Waals surface area (Å²) in [5.41, 5.74) is -0.226. The van der Waals surface area contributed by atoms with Gasteiger partial charge in [0.15, 0.2) is 0 Å². The van der Waals surface area contributed by atoms with Crippen molar-refractivity contribution in [1.82, 2.24) is 9.55 Å². The van der Waals surface area contributed by atoms with Gasteiger partial charge in [0.1, 0.15) is 5.82 Å². The molecule has 0 aliphatic rings. The molecule has 0 aliphatic carbocycles. The molecule has 2 aromatic carbocycles. The second-order valence-corrected chi connectivity index (χ2v) is 5.24. The Hall–Kier alpha value is -2.80. The molecule has 0 aliphatic heterocycles. The predicted octanol–water partition coefficient (Wildman–Crippen LogP) is 3.15. The summed E-state index contributed by atoms with van der Waals surface area (Å²) in [6, 6.07) is 8.05. The Labute approximate surface area is 133 Å². The van der Waals surface area contributed by atoms with Gasteiger partial charge >= 0.3 is 0 Å². The van der Waals surface area contributed by atoms with Crippen LogP contribution in [0.4, 0.5) is 10.1 Å². The summed E-state index contributed by atoms with van der Waals surface area (Å²) < 4.78 is 15.0. The number of rotatable bonds is 3. The Balaban J connectivity index is 2.14. The molecule has 1 aromatic heterocycles. The van der Waals surface area contributed by atoms with Crippen molar-refractivity contribution in [2.24, 2.45) is 0 Å². The maximum absolute atomic E-state index is 13.8. The Kier molecular flexibility index (Phi) is 3.79. The van der Waals surface area contributed by atoms with E-state index in [2.05, 4.69) is 4.98 Å². The van der Waals surface area contributed by atoms with Crippen LogP contribution in [-0.4, -0.2) is 14.5 Å². The maximum Gasteiger partial charge on any atom is 0.270 e. The third kappa shape index (κ3) is 2.78. The molecular formula is C15H9ClFN3O3. The lowest BCUT2D eigenvalue weighted by atomic mass is 10.2. The molecule has 0 fully saturated rings. The normalized spacial score (nSPS) is 10.9. The van der Waals surface area contributed by atoms with Crippen molar-refractivity contribution < 1.29 is 9.31 Å². The number of non-ortho nitro benzene ring substituents is 1. The largest absolute Gasteiger partial charge is 0.294 e. The molecule has 0 unspecified atom stereocenters. The third-order valence-electron chi connectivity index (χ3n) is 3.41. The smallest absolute Gasteiger partial charge is 0.270 e. The zero-order valence-electron chi connectivity index (χ0n) is 11.6. The SMILES string of the molecule is O=c1c2cc([N+](=O)[O-])ccc2ncn1Cc1c(F)cccc1Cl. The van der Waals surface area contributed by atoms with E-state index in [1.54, 1.807) is 0 Å². The van der Waals surface area contributed by atoms with Gasteiger partial charge in [-0.1, -0.05) is 17.7 Å². The van der Waals surface area contributed by atoms with E-state index in [4.69, 9.17) is 11.6 Å². The summed E-state index contributed by atoms with van der Waals surface area (Å²) in [6.45, 7) is -0.115. The Morgan fingerprint density at radius 2 is 2.09 bits per heavy atom. The number of fused-ring (bicyclic) bond motifs is 1. The van der Waals surface area contributed by atoms with Crippen LogP contribution in [-0.2, 0) is 6.54 Å². The summed E-state index contributed by atoms with van der Waals surface area (Å²) in [5.74, 6) is -0.538. The van der Waals surface area contributed by atoms with Crippen LogP contribution in [0, 0.1) is 15.9 Å². The molecule has 116 valence electrons. The number of aromatic nitrogens is 2. The summed E-state index contributed by atoms with van der Waals surface area (Å²) >= 11 is 5.95. The van der Waals surface area contributed by atoms with Crippen LogP contribution in [0.1, 0.15) is 5.56 Å². The molecule has 8 heteroatoms. The molecule has 3 rings (SSSR count). The highest BCUT2D eigenvalue weighted by molar-refractivity contribution is 6.31. The third-order valence-corrected chi connectivity index (χ3v) is 3.76. The van der Waals surface area contributed by atoms with E-state index < -0.39 is 16.3 Å². The van der Waals surface area contributed by atoms with Gasteiger partial charge in [-0.15, -0.1) is 0 Å². The van der Waals surface area contributed by atoms with Crippen LogP contribution >= 0.6 is 11.6 Å². The molecule has 0 N–H and O–H groups in total. The van der Waals surface area contributed by atoms with Gasteiger partial charge < -0.3 is 0 Å². The van der Waals surface area contributed by atoms with Gasteiger partial charge in [0, 0.05) is 22.7 Å². The average molecular weight is 334 g/mol. The van der Waals surface area contributed by atoms with E-state index in [1.807, 2.05) is 0 Å². The topological polar surface area (TPSA) is 78.0 Å². The number of nitro benzene ring substituents is 1. The van der Waals surface area contributed by atoms with Crippen molar-refractivity contribution in [3.63, 3.8) is 0 Å². The van der Waals surface area contributed by atoms with Gasteiger partial charge in [-0.3, -0.25) is 19.5 Å². The number of nitrogens with zero attached hydrogens (tertiary/aromatic N) is 3. The molecule has 0 saturated carbocycles. The molecule has 1 heterocycles. The molecule has 23 heavy (non-hydrogen) atoms. The zero-order chi connectivity index (χ0) is 16.6. The lowest BCUT2D eigenvalue weighted by Gasteiger charge is -2.09. The van der Waals surface area contributed by atoms with Crippen LogP contribution < -0.4 is 5.56 Å². The molecule has 6 nitrogen and oxygen atoms in total. The summed E-state index contributed by atoms with van der Waals surface area (Å²) in [7, 11) is 0. The number of halogens is 2. The Morgan fingerprint density at radius 1 is 1.30 bits per heavy atom. The second-order valence-electron chi connectivity index (χ2n) is 4.84. The van der Waals surface area contributed by atoms with Crippen LogP contribution in [0.5, 0.6) is 0 Å². The summed E-state index contributed by atoms with van der Waals surface area (Å²) in [5, 5.41) is 11.1. The minimum Gasteiger partial charge on any atom is -0.294 e. The van der Waals surface area contributed by atoms with Crippen LogP contribution in [0.25, 0.3) is 10.9 Å². The zero-order valence-corrected chi connectivity index (χ0v) is 12.3. The van der Waals surface area contributed by atoms with E-state index in [1.165, 1.54) is 36.7 Å². The van der Waals surface area contributed by atoms with Gasteiger partial charge in [-0.05, 0) is 18.2 Å². The quantitative estimate of drug-likeness (QED) is 0.545. The summed E-state index contributed by atoms with van der Waals surface area (Å²) in [4.78, 5) is 26.8. The fourth-order valence-corrected chi connectivity index (χ4v) is 2.45. The number of hydrogen-bond donors (Lipinski definition) is 0. The first-order chi connectivity index (χ1) is 11.0. The van der Waals surface area contributed by atoms with Gasteiger partial charge in [0.05, 0.1) is 28.7 Å². The van der Waals surface area contributed by atoms with E-state index >= 15 is 0 Å². The van der Waals surface area contributed by atoms with Crippen LogP contribution in [0.2, 0.25) is 5.02 Å². The van der Waals surface area contributed by atoms with E-state index in [9.17, 15) is 19.3 Å². The molecule has 0 saturated heterocycles. The molecular weight excluding hydrogens is 325 g/mol. The van der Waals surface area contributed by atoms with Crippen molar-refractivity contribution >= 4 is 28.2 Å². The Bertz CT molecular complexity index is 967. The first kappa shape index (κ1) is 15.1. The molecule has 0 amide bonds. The fraction of sp³-hybridized carbons (Fsp3) is 0.0667.